The van der Waals surface area contributed by atoms with E-state index < -0.39 is 0 Å². The molecule has 0 fully saturated rings. The Bertz CT molecular complexity index is 938. The Labute approximate surface area is 176 Å². The van der Waals surface area contributed by atoms with Crippen LogP contribution in [0, 0.1) is 5.92 Å². The molecule has 1 aliphatic rings. The number of ether oxygens (including phenoxy) is 4. The fourth-order valence-electron chi connectivity index (χ4n) is 3.36. The van der Waals surface area contributed by atoms with E-state index in [1.807, 2.05) is 32.0 Å². The normalized spacial score (nSPS) is 12.4. The van der Waals surface area contributed by atoms with Gasteiger partial charge in [0.1, 0.15) is 13.2 Å². The number of hydrogen-bond acceptors (Lipinski definition) is 6. The highest BCUT2D eigenvalue weighted by Gasteiger charge is 2.22. The minimum atomic E-state index is -0.248. The van der Waals surface area contributed by atoms with Crippen LogP contribution in [0.4, 0.5) is 0 Å². The van der Waals surface area contributed by atoms with Crippen LogP contribution in [0.25, 0.3) is 11.1 Å². The van der Waals surface area contributed by atoms with Crippen molar-refractivity contribution in [2.24, 2.45) is 5.92 Å². The van der Waals surface area contributed by atoms with Crippen LogP contribution in [0.3, 0.4) is 0 Å². The number of fused-ring (bicyclic) bond motifs is 1. The summed E-state index contributed by atoms with van der Waals surface area (Å²) >= 11 is 0. The lowest BCUT2D eigenvalue weighted by atomic mass is 9.99. The highest BCUT2D eigenvalue weighted by molar-refractivity contribution is 5.99. The molecule has 0 radical (unpaired) electrons. The topological polar surface area (TPSA) is 83.1 Å². The van der Waals surface area contributed by atoms with E-state index in [-0.39, 0.29) is 31.0 Å². The molecule has 0 spiro atoms. The number of methoxy groups -OCH3 is 2. The van der Waals surface area contributed by atoms with E-state index >= 15 is 0 Å². The Morgan fingerprint density at radius 3 is 2.50 bits per heavy atom. The molecule has 2 aromatic carbocycles. The number of amides is 1. The molecule has 0 bridgehead atoms. The molecule has 7 heteroatoms. The first-order valence-electron chi connectivity index (χ1n) is 9.89. The summed E-state index contributed by atoms with van der Waals surface area (Å²) in [5.41, 5.74) is 3.29. The first kappa shape index (κ1) is 21.5. The van der Waals surface area contributed by atoms with Gasteiger partial charge in [-0.05, 0) is 41.3 Å². The molecule has 0 aliphatic carbocycles. The van der Waals surface area contributed by atoms with Crippen molar-refractivity contribution in [3.05, 3.63) is 41.5 Å². The Hall–Kier alpha value is -3.22. The summed E-state index contributed by atoms with van der Waals surface area (Å²) in [6.07, 6.45) is 0.371. The molecule has 1 heterocycles. The van der Waals surface area contributed by atoms with Crippen molar-refractivity contribution in [3.63, 3.8) is 0 Å². The first-order chi connectivity index (χ1) is 14.4. The fourth-order valence-corrected chi connectivity index (χ4v) is 3.36. The standard InChI is InChI=1S/C23H27NO6/c1-14(2)11-20(25)29-9-10-30-21-17(7-8-19(27-3)22(21)28-4)15-5-6-18-16(12-15)13-24-23(18)26/h5-8,12,14H,9-11,13H2,1-4H3,(H,24,26). The van der Waals surface area contributed by atoms with E-state index in [9.17, 15) is 9.59 Å². The van der Waals surface area contributed by atoms with Gasteiger partial charge >= 0.3 is 5.97 Å². The summed E-state index contributed by atoms with van der Waals surface area (Å²) in [6.45, 7) is 4.73. The molecule has 30 heavy (non-hydrogen) atoms. The third kappa shape index (κ3) is 4.67. The van der Waals surface area contributed by atoms with Crippen LogP contribution in [-0.2, 0) is 16.1 Å². The monoisotopic (exact) mass is 413 g/mol. The Morgan fingerprint density at radius 1 is 1.03 bits per heavy atom. The smallest absolute Gasteiger partial charge is 0.306 e. The maximum Gasteiger partial charge on any atom is 0.306 e. The van der Waals surface area contributed by atoms with Crippen LogP contribution in [0.2, 0.25) is 0 Å². The first-order valence-corrected chi connectivity index (χ1v) is 9.89. The Kier molecular flexibility index (Phi) is 6.82. The number of rotatable bonds is 9. The molecule has 0 aromatic heterocycles. The molecule has 7 nitrogen and oxygen atoms in total. The molecule has 0 saturated heterocycles. The third-order valence-corrected chi connectivity index (χ3v) is 4.77. The highest BCUT2D eigenvalue weighted by Crippen LogP contribution is 2.44. The van der Waals surface area contributed by atoms with Gasteiger partial charge in [0.05, 0.1) is 14.2 Å². The predicted octanol–water partition coefficient (Wildman–Crippen LogP) is 3.58. The number of benzene rings is 2. The van der Waals surface area contributed by atoms with Gasteiger partial charge in [0.25, 0.3) is 5.91 Å². The van der Waals surface area contributed by atoms with Gasteiger partial charge in [-0.1, -0.05) is 19.9 Å². The SMILES string of the molecule is COc1ccc(-c2ccc3c(c2)CNC3=O)c(OCCOC(=O)CC(C)C)c1OC. The van der Waals surface area contributed by atoms with Crippen molar-refractivity contribution in [3.8, 4) is 28.4 Å². The molecule has 3 rings (SSSR count). The van der Waals surface area contributed by atoms with Gasteiger partial charge in [-0.25, -0.2) is 0 Å². The summed E-state index contributed by atoms with van der Waals surface area (Å²) in [4.78, 5) is 23.6. The van der Waals surface area contributed by atoms with E-state index in [1.54, 1.807) is 26.4 Å². The van der Waals surface area contributed by atoms with E-state index in [1.165, 1.54) is 0 Å². The Morgan fingerprint density at radius 2 is 1.80 bits per heavy atom. The van der Waals surface area contributed by atoms with Crippen molar-refractivity contribution in [2.45, 2.75) is 26.8 Å². The van der Waals surface area contributed by atoms with Crippen LogP contribution >= 0.6 is 0 Å². The molecular formula is C23H27NO6. The zero-order chi connectivity index (χ0) is 21.7. The molecule has 1 N–H and O–H groups in total. The summed E-state index contributed by atoms with van der Waals surface area (Å²) in [5.74, 6) is 1.41. The minimum Gasteiger partial charge on any atom is -0.493 e. The maximum absolute atomic E-state index is 11.8. The maximum atomic E-state index is 11.8. The van der Waals surface area contributed by atoms with Gasteiger partial charge in [0.15, 0.2) is 11.5 Å². The molecule has 0 saturated carbocycles. The molecule has 0 unspecified atom stereocenters. The van der Waals surface area contributed by atoms with Gasteiger partial charge in [0.2, 0.25) is 5.75 Å². The molecule has 2 aromatic rings. The summed E-state index contributed by atoms with van der Waals surface area (Å²) < 4.78 is 22.2. The second kappa shape index (κ2) is 9.52. The van der Waals surface area contributed by atoms with Crippen LogP contribution < -0.4 is 19.5 Å². The predicted molar refractivity (Wildman–Crippen MR) is 112 cm³/mol. The summed E-state index contributed by atoms with van der Waals surface area (Å²) in [6, 6.07) is 9.33. The van der Waals surface area contributed by atoms with Gasteiger partial charge in [-0.3, -0.25) is 9.59 Å². The third-order valence-electron chi connectivity index (χ3n) is 4.77. The van der Waals surface area contributed by atoms with Crippen molar-refractivity contribution < 1.29 is 28.5 Å². The number of nitrogens with one attached hydrogen (secondary N) is 1. The second-order valence-electron chi connectivity index (χ2n) is 7.40. The average Bonchev–Trinajstić information content (AvgIpc) is 3.10. The largest absolute Gasteiger partial charge is 0.493 e. The lowest BCUT2D eigenvalue weighted by molar-refractivity contribution is -0.145. The number of hydrogen-bond donors (Lipinski definition) is 1. The quantitative estimate of drug-likeness (QED) is 0.500. The number of carbonyl (C=O) groups excluding carboxylic acids is 2. The van der Waals surface area contributed by atoms with Gasteiger partial charge < -0.3 is 24.3 Å². The van der Waals surface area contributed by atoms with Crippen LogP contribution in [0.15, 0.2) is 30.3 Å². The van der Waals surface area contributed by atoms with Crippen molar-refractivity contribution in [2.75, 3.05) is 27.4 Å². The van der Waals surface area contributed by atoms with E-state index in [4.69, 9.17) is 18.9 Å². The molecule has 160 valence electrons. The lowest BCUT2D eigenvalue weighted by Crippen LogP contribution is -2.14. The molecule has 1 aliphatic heterocycles. The molecule has 1 amide bonds. The minimum absolute atomic E-state index is 0.0662. The van der Waals surface area contributed by atoms with Gasteiger partial charge in [-0.15, -0.1) is 0 Å². The number of carbonyl (C=O) groups is 2. The zero-order valence-electron chi connectivity index (χ0n) is 17.7. The number of esters is 1. The molecular weight excluding hydrogens is 386 g/mol. The Balaban J connectivity index is 1.85. The second-order valence-corrected chi connectivity index (χ2v) is 7.40. The van der Waals surface area contributed by atoms with Gasteiger partial charge in [0, 0.05) is 24.1 Å². The highest BCUT2D eigenvalue weighted by atomic mass is 16.6. The summed E-state index contributed by atoms with van der Waals surface area (Å²) in [7, 11) is 3.10. The summed E-state index contributed by atoms with van der Waals surface area (Å²) in [5, 5.41) is 2.82. The van der Waals surface area contributed by atoms with Crippen LogP contribution in [-0.4, -0.2) is 39.3 Å². The lowest BCUT2D eigenvalue weighted by Gasteiger charge is -2.18. The van der Waals surface area contributed by atoms with Crippen molar-refractivity contribution in [1.82, 2.24) is 5.32 Å². The van der Waals surface area contributed by atoms with E-state index in [0.717, 1.165) is 16.7 Å². The van der Waals surface area contributed by atoms with Crippen molar-refractivity contribution >= 4 is 11.9 Å². The van der Waals surface area contributed by atoms with Gasteiger partial charge in [-0.2, -0.15) is 0 Å². The fraction of sp³-hybridized carbons (Fsp3) is 0.391. The zero-order valence-corrected chi connectivity index (χ0v) is 17.7. The van der Waals surface area contributed by atoms with E-state index in [2.05, 4.69) is 5.32 Å². The average molecular weight is 413 g/mol. The van der Waals surface area contributed by atoms with Crippen molar-refractivity contribution in [1.29, 1.82) is 0 Å². The van der Waals surface area contributed by atoms with Crippen LogP contribution in [0.5, 0.6) is 17.2 Å². The van der Waals surface area contributed by atoms with Crippen LogP contribution in [0.1, 0.15) is 36.2 Å². The molecule has 0 atom stereocenters. The van der Waals surface area contributed by atoms with E-state index in [0.29, 0.717) is 35.8 Å².